The van der Waals surface area contributed by atoms with Crippen molar-refractivity contribution in [1.82, 2.24) is 5.32 Å². The number of nitrogens with one attached hydrogen (secondary N) is 1. The SMILES string of the molecule is CC(C)(C(=O)NCCc1ccc(CO)cc1)c1ccc(F)cc1. The van der Waals surface area contributed by atoms with Crippen LogP contribution >= 0.6 is 0 Å². The molecule has 2 rings (SSSR count). The zero-order valence-corrected chi connectivity index (χ0v) is 13.5. The molecule has 0 aliphatic carbocycles. The van der Waals surface area contributed by atoms with Gasteiger partial charge < -0.3 is 10.4 Å². The molecular formula is C19H22FNO2. The molecule has 1 amide bonds. The Bertz CT molecular complexity index is 648. The van der Waals surface area contributed by atoms with E-state index in [0.29, 0.717) is 6.54 Å². The van der Waals surface area contributed by atoms with Crippen LogP contribution in [0.3, 0.4) is 0 Å². The molecule has 0 bridgehead atoms. The third-order valence-electron chi connectivity index (χ3n) is 4.04. The summed E-state index contributed by atoms with van der Waals surface area (Å²) >= 11 is 0. The second kappa shape index (κ2) is 7.38. The maximum absolute atomic E-state index is 13.0. The lowest BCUT2D eigenvalue weighted by molar-refractivity contribution is -0.125. The van der Waals surface area contributed by atoms with Crippen molar-refractivity contribution >= 4 is 5.91 Å². The number of hydrogen-bond donors (Lipinski definition) is 2. The monoisotopic (exact) mass is 315 g/mol. The first-order valence-corrected chi connectivity index (χ1v) is 7.66. The molecule has 3 nitrogen and oxygen atoms in total. The van der Waals surface area contributed by atoms with E-state index in [4.69, 9.17) is 5.11 Å². The molecule has 2 N–H and O–H groups in total. The molecule has 0 spiro atoms. The van der Waals surface area contributed by atoms with Crippen LogP contribution in [0.15, 0.2) is 48.5 Å². The molecule has 0 heterocycles. The maximum atomic E-state index is 13.0. The van der Waals surface area contributed by atoms with Crippen molar-refractivity contribution in [3.05, 3.63) is 71.0 Å². The third kappa shape index (κ3) is 4.39. The maximum Gasteiger partial charge on any atom is 0.230 e. The molecule has 0 saturated carbocycles. The van der Waals surface area contributed by atoms with Crippen LogP contribution in [0.25, 0.3) is 0 Å². The van der Waals surface area contributed by atoms with E-state index in [1.165, 1.54) is 12.1 Å². The van der Waals surface area contributed by atoms with Crippen molar-refractivity contribution in [3.63, 3.8) is 0 Å². The summed E-state index contributed by atoms with van der Waals surface area (Å²) in [5.41, 5.74) is 2.04. The number of carbonyl (C=O) groups is 1. The second-order valence-corrected chi connectivity index (χ2v) is 6.11. The molecule has 0 aliphatic heterocycles. The van der Waals surface area contributed by atoms with Gasteiger partial charge in [-0.3, -0.25) is 4.79 Å². The van der Waals surface area contributed by atoms with E-state index in [1.54, 1.807) is 12.1 Å². The predicted octanol–water partition coefficient (Wildman–Crippen LogP) is 2.95. The molecule has 0 unspecified atom stereocenters. The van der Waals surface area contributed by atoms with Crippen LogP contribution in [0, 0.1) is 5.82 Å². The number of amides is 1. The summed E-state index contributed by atoms with van der Waals surface area (Å²) in [6.45, 7) is 4.21. The molecule has 0 aromatic heterocycles. The summed E-state index contributed by atoms with van der Waals surface area (Å²) in [5.74, 6) is -0.396. The molecular weight excluding hydrogens is 293 g/mol. The number of carbonyl (C=O) groups excluding carboxylic acids is 1. The lowest BCUT2D eigenvalue weighted by atomic mass is 9.83. The summed E-state index contributed by atoms with van der Waals surface area (Å²) in [5, 5.41) is 11.9. The highest BCUT2D eigenvalue weighted by molar-refractivity contribution is 5.87. The number of hydrogen-bond acceptors (Lipinski definition) is 2. The van der Waals surface area contributed by atoms with Crippen molar-refractivity contribution in [1.29, 1.82) is 0 Å². The van der Waals surface area contributed by atoms with Gasteiger partial charge in [0.05, 0.1) is 12.0 Å². The Labute approximate surface area is 136 Å². The summed E-state index contributed by atoms with van der Waals surface area (Å²) in [6.07, 6.45) is 0.719. The van der Waals surface area contributed by atoms with Crippen LogP contribution in [-0.4, -0.2) is 17.6 Å². The summed E-state index contributed by atoms with van der Waals surface area (Å²) in [7, 11) is 0. The van der Waals surface area contributed by atoms with Gasteiger partial charge in [-0.05, 0) is 49.1 Å². The van der Waals surface area contributed by atoms with Gasteiger partial charge in [0, 0.05) is 6.54 Å². The highest BCUT2D eigenvalue weighted by Crippen LogP contribution is 2.23. The Morgan fingerprint density at radius 1 is 1.04 bits per heavy atom. The molecule has 0 atom stereocenters. The van der Waals surface area contributed by atoms with Gasteiger partial charge in [0.2, 0.25) is 5.91 Å². The van der Waals surface area contributed by atoms with Crippen molar-refractivity contribution in [2.24, 2.45) is 0 Å². The Morgan fingerprint density at radius 3 is 2.17 bits per heavy atom. The zero-order valence-electron chi connectivity index (χ0n) is 13.5. The topological polar surface area (TPSA) is 49.3 Å². The largest absolute Gasteiger partial charge is 0.392 e. The average Bonchev–Trinajstić information content (AvgIpc) is 2.55. The van der Waals surface area contributed by atoms with Crippen LogP contribution in [0.5, 0.6) is 0 Å². The fourth-order valence-corrected chi connectivity index (χ4v) is 2.35. The third-order valence-corrected chi connectivity index (χ3v) is 4.04. The van der Waals surface area contributed by atoms with Crippen molar-refractivity contribution < 1.29 is 14.3 Å². The lowest BCUT2D eigenvalue weighted by Gasteiger charge is -2.24. The number of aliphatic hydroxyl groups is 1. The predicted molar refractivity (Wildman–Crippen MR) is 88.5 cm³/mol. The van der Waals surface area contributed by atoms with Gasteiger partial charge in [-0.1, -0.05) is 36.4 Å². The molecule has 2 aromatic carbocycles. The van der Waals surface area contributed by atoms with Crippen LogP contribution in [0.1, 0.15) is 30.5 Å². The van der Waals surface area contributed by atoms with E-state index in [9.17, 15) is 9.18 Å². The van der Waals surface area contributed by atoms with Gasteiger partial charge in [-0.25, -0.2) is 4.39 Å². The standard InChI is InChI=1S/C19H22FNO2/c1-19(2,16-7-9-17(20)10-8-16)18(23)21-12-11-14-3-5-15(13-22)6-4-14/h3-10,22H,11-13H2,1-2H3,(H,21,23). The van der Waals surface area contributed by atoms with E-state index < -0.39 is 5.41 Å². The Balaban J connectivity index is 1.91. The fourth-order valence-electron chi connectivity index (χ4n) is 2.35. The Hall–Kier alpha value is -2.20. The number of rotatable bonds is 6. The lowest BCUT2D eigenvalue weighted by Crippen LogP contribution is -2.40. The quantitative estimate of drug-likeness (QED) is 0.861. The summed E-state index contributed by atoms with van der Waals surface area (Å²) in [6, 6.07) is 13.7. The number of aliphatic hydroxyl groups excluding tert-OH is 1. The fraction of sp³-hybridized carbons (Fsp3) is 0.316. The van der Waals surface area contributed by atoms with Crippen LogP contribution < -0.4 is 5.32 Å². The van der Waals surface area contributed by atoms with Gasteiger partial charge in [0.1, 0.15) is 5.82 Å². The van der Waals surface area contributed by atoms with Crippen LogP contribution in [0.2, 0.25) is 0 Å². The summed E-state index contributed by atoms with van der Waals surface area (Å²) in [4.78, 5) is 12.4. The minimum Gasteiger partial charge on any atom is -0.392 e. The molecule has 4 heteroatoms. The number of benzene rings is 2. The van der Waals surface area contributed by atoms with Gasteiger partial charge in [0.15, 0.2) is 0 Å². The zero-order chi connectivity index (χ0) is 16.9. The smallest absolute Gasteiger partial charge is 0.230 e. The molecule has 2 aromatic rings. The van der Waals surface area contributed by atoms with E-state index in [-0.39, 0.29) is 18.3 Å². The number of halogens is 1. The van der Waals surface area contributed by atoms with Crippen LogP contribution in [0.4, 0.5) is 4.39 Å². The molecule has 122 valence electrons. The van der Waals surface area contributed by atoms with Crippen molar-refractivity contribution in [2.45, 2.75) is 32.3 Å². The molecule has 0 aliphatic rings. The molecule has 0 radical (unpaired) electrons. The normalized spacial score (nSPS) is 11.3. The van der Waals surface area contributed by atoms with E-state index in [2.05, 4.69) is 5.32 Å². The van der Waals surface area contributed by atoms with Crippen molar-refractivity contribution in [2.75, 3.05) is 6.54 Å². The van der Waals surface area contributed by atoms with E-state index in [0.717, 1.165) is 23.1 Å². The van der Waals surface area contributed by atoms with E-state index >= 15 is 0 Å². The highest BCUT2D eigenvalue weighted by Gasteiger charge is 2.29. The summed E-state index contributed by atoms with van der Waals surface area (Å²) < 4.78 is 13.0. The molecule has 0 saturated heterocycles. The van der Waals surface area contributed by atoms with Crippen molar-refractivity contribution in [3.8, 4) is 0 Å². The highest BCUT2D eigenvalue weighted by atomic mass is 19.1. The average molecular weight is 315 g/mol. The first-order chi connectivity index (χ1) is 10.9. The molecule has 23 heavy (non-hydrogen) atoms. The molecule has 0 fully saturated rings. The first kappa shape index (κ1) is 17.2. The van der Waals surface area contributed by atoms with Gasteiger partial charge >= 0.3 is 0 Å². The van der Waals surface area contributed by atoms with Gasteiger partial charge in [-0.2, -0.15) is 0 Å². The Morgan fingerprint density at radius 2 is 1.61 bits per heavy atom. The van der Waals surface area contributed by atoms with Crippen LogP contribution in [-0.2, 0) is 23.2 Å². The van der Waals surface area contributed by atoms with Gasteiger partial charge in [-0.15, -0.1) is 0 Å². The second-order valence-electron chi connectivity index (χ2n) is 6.11. The minimum atomic E-state index is -0.714. The van der Waals surface area contributed by atoms with Gasteiger partial charge in [0.25, 0.3) is 0 Å². The first-order valence-electron chi connectivity index (χ1n) is 7.66. The van der Waals surface area contributed by atoms with E-state index in [1.807, 2.05) is 38.1 Å². The minimum absolute atomic E-state index is 0.0306. The Kier molecular flexibility index (Phi) is 5.50.